The Bertz CT molecular complexity index is 430. The first-order valence-corrected chi connectivity index (χ1v) is 5.18. The Balaban J connectivity index is 2.43. The summed E-state index contributed by atoms with van der Waals surface area (Å²) in [6.07, 6.45) is 1.70. The molecule has 0 unspecified atom stereocenters. The maximum absolute atomic E-state index is 8.94. The minimum Gasteiger partial charge on any atom is -0.391 e. The van der Waals surface area contributed by atoms with Crippen molar-refractivity contribution in [3.05, 3.63) is 34.4 Å². The average molecular weight is 227 g/mol. The molecule has 2 aromatic rings. The highest BCUT2D eigenvalue weighted by Crippen LogP contribution is 2.29. The normalized spacial score (nSPS) is 10.4. The van der Waals surface area contributed by atoms with E-state index in [4.69, 9.17) is 16.7 Å². The van der Waals surface area contributed by atoms with E-state index in [2.05, 4.69) is 9.97 Å². The highest BCUT2D eigenvalue weighted by atomic mass is 35.5. The summed E-state index contributed by atoms with van der Waals surface area (Å²) in [6, 6.07) is 5.58. The van der Waals surface area contributed by atoms with Crippen LogP contribution in [-0.2, 0) is 6.61 Å². The van der Waals surface area contributed by atoms with Crippen LogP contribution < -0.4 is 0 Å². The van der Waals surface area contributed by atoms with Gasteiger partial charge in [-0.1, -0.05) is 17.7 Å². The quantitative estimate of drug-likeness (QED) is 0.855. The number of hydrogen-bond donors (Lipinski definition) is 1. The van der Waals surface area contributed by atoms with Crippen LogP contribution >= 0.6 is 22.9 Å². The summed E-state index contributed by atoms with van der Waals surface area (Å²) in [5.74, 6) is 0. The fraction of sp³-hybridized carbons (Fsp3) is 0.111. The van der Waals surface area contributed by atoms with Gasteiger partial charge in [0.15, 0.2) is 0 Å². The van der Waals surface area contributed by atoms with Crippen LogP contribution in [0.1, 0.15) is 4.88 Å². The number of halogens is 1. The zero-order valence-electron chi connectivity index (χ0n) is 7.14. The lowest BCUT2D eigenvalue weighted by atomic mass is 10.4. The van der Waals surface area contributed by atoms with Gasteiger partial charge in [0.25, 0.3) is 0 Å². The molecule has 0 bridgehead atoms. The predicted molar refractivity (Wildman–Crippen MR) is 56.3 cm³/mol. The molecular formula is C9H7ClN2OS. The van der Waals surface area contributed by atoms with Gasteiger partial charge in [-0.15, -0.1) is 11.3 Å². The Hall–Kier alpha value is -0.970. The molecule has 0 atom stereocenters. The van der Waals surface area contributed by atoms with E-state index >= 15 is 0 Å². The third kappa shape index (κ3) is 1.77. The largest absolute Gasteiger partial charge is 0.391 e. The molecule has 2 heterocycles. The first-order chi connectivity index (χ1) is 6.81. The maximum atomic E-state index is 8.94. The Morgan fingerprint density at radius 2 is 2.29 bits per heavy atom. The van der Waals surface area contributed by atoms with Crippen molar-refractivity contribution in [2.24, 2.45) is 0 Å². The summed E-state index contributed by atoms with van der Waals surface area (Å²) in [5, 5.41) is 10.0. The molecule has 0 aliphatic heterocycles. The van der Waals surface area contributed by atoms with Crippen molar-refractivity contribution in [3.8, 4) is 10.7 Å². The predicted octanol–water partition coefficient (Wildman–Crippen LogP) is 2.35. The number of hydrogen-bond acceptors (Lipinski definition) is 4. The number of pyridine rings is 1. The first kappa shape index (κ1) is 9.58. The number of thiazole rings is 1. The van der Waals surface area contributed by atoms with Gasteiger partial charge in [-0.25, -0.2) is 4.98 Å². The van der Waals surface area contributed by atoms with Crippen LogP contribution in [-0.4, -0.2) is 15.1 Å². The molecule has 0 saturated carbocycles. The summed E-state index contributed by atoms with van der Waals surface area (Å²) in [4.78, 5) is 8.93. The third-order valence-corrected chi connectivity index (χ3v) is 3.16. The molecule has 72 valence electrons. The molecule has 2 rings (SSSR count). The van der Waals surface area contributed by atoms with Gasteiger partial charge in [-0.05, 0) is 12.1 Å². The van der Waals surface area contributed by atoms with Crippen molar-refractivity contribution in [2.45, 2.75) is 6.61 Å². The Labute approximate surface area is 90.0 Å². The van der Waals surface area contributed by atoms with Crippen LogP contribution in [0.25, 0.3) is 10.7 Å². The second-order valence-corrected chi connectivity index (χ2v) is 4.05. The van der Waals surface area contributed by atoms with E-state index in [1.165, 1.54) is 11.3 Å². The van der Waals surface area contributed by atoms with E-state index in [9.17, 15) is 0 Å². The van der Waals surface area contributed by atoms with E-state index in [0.29, 0.717) is 10.0 Å². The van der Waals surface area contributed by atoms with E-state index in [1.54, 1.807) is 6.20 Å². The molecule has 0 radical (unpaired) electrons. The van der Waals surface area contributed by atoms with Gasteiger partial charge in [0, 0.05) is 6.20 Å². The van der Waals surface area contributed by atoms with E-state index in [-0.39, 0.29) is 6.61 Å². The lowest BCUT2D eigenvalue weighted by molar-refractivity contribution is 0.285. The van der Waals surface area contributed by atoms with Crippen LogP contribution in [0.5, 0.6) is 0 Å². The summed E-state index contributed by atoms with van der Waals surface area (Å²) in [5.41, 5.74) is 0.777. The van der Waals surface area contributed by atoms with Crippen LogP contribution in [0, 0.1) is 0 Å². The van der Waals surface area contributed by atoms with Crippen LogP contribution in [0.4, 0.5) is 0 Å². The molecule has 5 heteroatoms. The Morgan fingerprint density at radius 1 is 1.43 bits per heavy atom. The van der Waals surface area contributed by atoms with Gasteiger partial charge >= 0.3 is 0 Å². The van der Waals surface area contributed by atoms with Gasteiger partial charge in [0.1, 0.15) is 10.2 Å². The van der Waals surface area contributed by atoms with Crippen molar-refractivity contribution in [1.82, 2.24) is 9.97 Å². The molecule has 0 aliphatic carbocycles. The van der Waals surface area contributed by atoms with E-state index < -0.39 is 0 Å². The minimum atomic E-state index is -0.0800. The van der Waals surface area contributed by atoms with Crippen LogP contribution in [0.2, 0.25) is 5.15 Å². The zero-order chi connectivity index (χ0) is 9.97. The monoisotopic (exact) mass is 226 g/mol. The van der Waals surface area contributed by atoms with Gasteiger partial charge < -0.3 is 5.11 Å². The van der Waals surface area contributed by atoms with Crippen LogP contribution in [0.3, 0.4) is 0 Å². The maximum Gasteiger partial charge on any atom is 0.146 e. The molecule has 1 N–H and O–H groups in total. The lowest BCUT2D eigenvalue weighted by Gasteiger charge is -1.91. The minimum absolute atomic E-state index is 0.0800. The molecule has 3 nitrogen and oxygen atoms in total. The molecule has 0 aromatic carbocycles. The number of nitrogens with zero attached hydrogens (tertiary/aromatic N) is 2. The van der Waals surface area contributed by atoms with Crippen molar-refractivity contribution in [1.29, 1.82) is 0 Å². The molecule has 0 spiro atoms. The SMILES string of the molecule is OCc1sc(-c2ccccn2)nc1Cl. The fourth-order valence-electron chi connectivity index (χ4n) is 1.03. The Morgan fingerprint density at radius 3 is 2.86 bits per heavy atom. The van der Waals surface area contributed by atoms with Gasteiger partial charge in [0.05, 0.1) is 17.2 Å². The molecule has 2 aromatic heterocycles. The zero-order valence-corrected chi connectivity index (χ0v) is 8.72. The van der Waals surface area contributed by atoms with Crippen molar-refractivity contribution < 1.29 is 5.11 Å². The first-order valence-electron chi connectivity index (χ1n) is 3.98. The van der Waals surface area contributed by atoms with Gasteiger partial charge in [-0.3, -0.25) is 4.98 Å². The summed E-state index contributed by atoms with van der Waals surface area (Å²) in [7, 11) is 0. The summed E-state index contributed by atoms with van der Waals surface area (Å²) in [6.45, 7) is -0.0800. The number of aliphatic hydroxyl groups is 1. The van der Waals surface area contributed by atoms with Crippen LogP contribution in [0.15, 0.2) is 24.4 Å². The fourth-order valence-corrected chi connectivity index (χ4v) is 2.13. The smallest absolute Gasteiger partial charge is 0.146 e. The van der Waals surface area contributed by atoms with Crippen molar-refractivity contribution >= 4 is 22.9 Å². The highest BCUT2D eigenvalue weighted by Gasteiger charge is 2.10. The van der Waals surface area contributed by atoms with Crippen molar-refractivity contribution in [3.63, 3.8) is 0 Å². The number of aliphatic hydroxyl groups excluding tert-OH is 1. The molecule has 0 fully saturated rings. The lowest BCUT2D eigenvalue weighted by Crippen LogP contribution is -1.79. The summed E-state index contributed by atoms with van der Waals surface area (Å²) >= 11 is 7.16. The molecule has 0 saturated heterocycles. The Kier molecular flexibility index (Phi) is 2.77. The molecular weight excluding hydrogens is 220 g/mol. The topological polar surface area (TPSA) is 46.0 Å². The molecule has 0 amide bonds. The standard InChI is InChI=1S/C9H7ClN2OS/c10-8-7(5-13)14-9(12-8)6-3-1-2-4-11-6/h1-4,13H,5H2. The summed E-state index contributed by atoms with van der Waals surface area (Å²) < 4.78 is 0. The second-order valence-electron chi connectivity index (χ2n) is 2.61. The van der Waals surface area contributed by atoms with Gasteiger partial charge in [-0.2, -0.15) is 0 Å². The third-order valence-electron chi connectivity index (χ3n) is 1.68. The number of rotatable bonds is 2. The second kappa shape index (κ2) is 4.04. The molecule has 14 heavy (non-hydrogen) atoms. The van der Waals surface area contributed by atoms with E-state index in [1.807, 2.05) is 18.2 Å². The average Bonchev–Trinajstić information content (AvgIpc) is 2.61. The molecule has 0 aliphatic rings. The highest BCUT2D eigenvalue weighted by molar-refractivity contribution is 7.15. The van der Waals surface area contributed by atoms with Gasteiger partial charge in [0.2, 0.25) is 0 Å². The van der Waals surface area contributed by atoms with Crippen molar-refractivity contribution in [2.75, 3.05) is 0 Å². The number of aromatic nitrogens is 2. The van der Waals surface area contributed by atoms with E-state index in [0.717, 1.165) is 10.7 Å².